The number of hydrogen-bond donors (Lipinski definition) is 1. The van der Waals surface area contributed by atoms with Gasteiger partial charge in [-0.05, 0) is 24.6 Å². The maximum atomic E-state index is 10.8. The van der Waals surface area contributed by atoms with Crippen molar-refractivity contribution in [1.82, 2.24) is 4.98 Å². The van der Waals surface area contributed by atoms with Gasteiger partial charge in [0, 0.05) is 11.3 Å². The third kappa shape index (κ3) is 2.60. The zero-order valence-corrected chi connectivity index (χ0v) is 11.7. The molecular formula is C14H13NO4S. The average molecular weight is 291 g/mol. The highest BCUT2D eigenvalue weighted by molar-refractivity contribution is 7.11. The van der Waals surface area contributed by atoms with E-state index < -0.39 is 5.97 Å². The summed E-state index contributed by atoms with van der Waals surface area (Å²) >= 11 is 1.45. The Morgan fingerprint density at radius 2 is 2.20 bits per heavy atom. The lowest BCUT2D eigenvalue weighted by Gasteiger charge is -2.00. The summed E-state index contributed by atoms with van der Waals surface area (Å²) in [5.41, 5.74) is 1.87. The van der Waals surface area contributed by atoms with Crippen LogP contribution in [0.4, 0.5) is 0 Å². The molecule has 0 atom stereocenters. The van der Waals surface area contributed by atoms with Crippen LogP contribution in [-0.4, -0.2) is 22.9 Å². The first kappa shape index (κ1) is 12.9. The van der Waals surface area contributed by atoms with Crippen LogP contribution in [-0.2, 0) is 17.6 Å². The number of aliphatic carboxylic acids is 1. The lowest BCUT2D eigenvalue weighted by atomic mass is 10.1. The molecule has 6 heteroatoms. The molecule has 1 aromatic carbocycles. The van der Waals surface area contributed by atoms with Gasteiger partial charge >= 0.3 is 5.97 Å². The maximum Gasteiger partial charge on any atom is 0.308 e. The summed E-state index contributed by atoms with van der Waals surface area (Å²) in [5, 5.41) is 9.76. The van der Waals surface area contributed by atoms with Crippen molar-refractivity contribution in [2.45, 2.75) is 19.8 Å². The van der Waals surface area contributed by atoms with Gasteiger partial charge in [0.05, 0.1) is 17.1 Å². The number of benzene rings is 1. The van der Waals surface area contributed by atoms with Crippen molar-refractivity contribution in [3.8, 4) is 11.5 Å². The molecule has 0 bridgehead atoms. The van der Waals surface area contributed by atoms with Crippen LogP contribution >= 0.6 is 11.3 Å². The normalized spacial score (nSPS) is 12.7. The van der Waals surface area contributed by atoms with Gasteiger partial charge in [0.25, 0.3) is 0 Å². The van der Waals surface area contributed by atoms with Crippen molar-refractivity contribution in [3.63, 3.8) is 0 Å². The Balaban J connectivity index is 1.79. The average Bonchev–Trinajstić information content (AvgIpc) is 2.96. The second kappa shape index (κ2) is 5.13. The van der Waals surface area contributed by atoms with Gasteiger partial charge in [-0.25, -0.2) is 4.98 Å². The van der Waals surface area contributed by atoms with E-state index in [1.54, 1.807) is 0 Å². The molecule has 104 valence electrons. The van der Waals surface area contributed by atoms with E-state index in [9.17, 15) is 4.79 Å². The second-order valence-corrected chi connectivity index (χ2v) is 5.72. The van der Waals surface area contributed by atoms with Crippen molar-refractivity contribution >= 4 is 17.3 Å². The highest BCUT2D eigenvalue weighted by Gasteiger charge is 2.15. The topological polar surface area (TPSA) is 68.7 Å². The molecule has 0 amide bonds. The number of carboxylic acids is 1. The van der Waals surface area contributed by atoms with Gasteiger partial charge in [0.1, 0.15) is 0 Å². The summed E-state index contributed by atoms with van der Waals surface area (Å²) in [4.78, 5) is 16.0. The minimum absolute atomic E-state index is 0.0324. The number of fused-ring (bicyclic) bond motifs is 1. The van der Waals surface area contributed by atoms with Crippen LogP contribution in [0.2, 0.25) is 0 Å². The summed E-state index contributed by atoms with van der Waals surface area (Å²) in [6, 6.07) is 5.80. The largest absolute Gasteiger partial charge is 0.481 e. The molecule has 3 rings (SSSR count). The van der Waals surface area contributed by atoms with E-state index in [1.807, 2.05) is 25.1 Å². The van der Waals surface area contributed by atoms with E-state index in [0.717, 1.165) is 32.6 Å². The lowest BCUT2D eigenvalue weighted by Crippen LogP contribution is -1.99. The summed E-state index contributed by atoms with van der Waals surface area (Å²) in [7, 11) is 0. The molecule has 1 aromatic heterocycles. The zero-order valence-electron chi connectivity index (χ0n) is 10.9. The van der Waals surface area contributed by atoms with E-state index >= 15 is 0 Å². The molecular weight excluding hydrogens is 278 g/mol. The van der Waals surface area contributed by atoms with Gasteiger partial charge < -0.3 is 14.6 Å². The van der Waals surface area contributed by atoms with E-state index in [2.05, 4.69) is 4.98 Å². The minimum Gasteiger partial charge on any atom is -0.481 e. The van der Waals surface area contributed by atoms with Crippen molar-refractivity contribution in [3.05, 3.63) is 39.3 Å². The van der Waals surface area contributed by atoms with Crippen molar-refractivity contribution in [2.75, 3.05) is 6.79 Å². The Morgan fingerprint density at radius 3 is 3.00 bits per heavy atom. The van der Waals surface area contributed by atoms with Gasteiger partial charge in [0.2, 0.25) is 6.79 Å². The van der Waals surface area contributed by atoms with Crippen LogP contribution in [0.1, 0.15) is 21.1 Å². The van der Waals surface area contributed by atoms with Crippen LogP contribution in [0.5, 0.6) is 11.5 Å². The Kier molecular flexibility index (Phi) is 3.31. The zero-order chi connectivity index (χ0) is 14.1. The number of ether oxygens (including phenoxy) is 2. The van der Waals surface area contributed by atoms with Crippen LogP contribution in [0, 0.1) is 6.92 Å². The fourth-order valence-electron chi connectivity index (χ4n) is 2.09. The Hall–Kier alpha value is -2.08. The van der Waals surface area contributed by atoms with Gasteiger partial charge in [-0.2, -0.15) is 0 Å². The monoisotopic (exact) mass is 291 g/mol. The predicted molar refractivity (Wildman–Crippen MR) is 73.6 cm³/mol. The molecule has 0 aliphatic carbocycles. The van der Waals surface area contributed by atoms with Crippen molar-refractivity contribution < 1.29 is 19.4 Å². The maximum absolute atomic E-state index is 10.8. The Labute approximate surface area is 119 Å². The van der Waals surface area contributed by atoms with Gasteiger partial charge in [-0.3, -0.25) is 4.79 Å². The molecule has 0 fully saturated rings. The Bertz CT molecular complexity index is 665. The number of hydrogen-bond acceptors (Lipinski definition) is 5. The summed E-state index contributed by atoms with van der Waals surface area (Å²) in [6.07, 6.45) is 0.701. The molecule has 1 aliphatic rings. The minimum atomic E-state index is -0.827. The molecule has 0 spiro atoms. The highest BCUT2D eigenvalue weighted by atomic mass is 32.1. The van der Waals surface area contributed by atoms with Crippen LogP contribution in [0.15, 0.2) is 18.2 Å². The fourth-order valence-corrected chi connectivity index (χ4v) is 3.19. The van der Waals surface area contributed by atoms with Gasteiger partial charge in [-0.15, -0.1) is 11.3 Å². The molecule has 0 saturated carbocycles. The molecule has 0 unspecified atom stereocenters. The van der Waals surface area contributed by atoms with E-state index in [1.165, 1.54) is 11.3 Å². The van der Waals surface area contributed by atoms with Gasteiger partial charge in [-0.1, -0.05) is 6.07 Å². The number of nitrogens with zero attached hydrogens (tertiary/aromatic N) is 1. The first-order chi connectivity index (χ1) is 9.61. The molecule has 0 saturated heterocycles. The molecule has 0 radical (unpaired) electrons. The number of aryl methyl sites for hydroxylation is 1. The second-order valence-electron chi connectivity index (χ2n) is 4.55. The van der Waals surface area contributed by atoms with Crippen LogP contribution in [0.3, 0.4) is 0 Å². The van der Waals surface area contributed by atoms with Crippen molar-refractivity contribution in [2.24, 2.45) is 0 Å². The molecule has 2 aromatic rings. The third-order valence-electron chi connectivity index (χ3n) is 3.04. The first-order valence-corrected chi connectivity index (χ1v) is 6.99. The Morgan fingerprint density at radius 1 is 1.40 bits per heavy atom. The molecule has 1 N–H and O–H groups in total. The molecule has 5 nitrogen and oxygen atoms in total. The molecule has 20 heavy (non-hydrogen) atoms. The van der Waals surface area contributed by atoms with E-state index in [4.69, 9.17) is 14.6 Å². The molecule has 1 aliphatic heterocycles. The number of carboxylic acid groups (broad SMARTS) is 1. The van der Waals surface area contributed by atoms with E-state index in [0.29, 0.717) is 6.42 Å². The highest BCUT2D eigenvalue weighted by Crippen LogP contribution is 2.33. The van der Waals surface area contributed by atoms with Crippen LogP contribution in [0.25, 0.3) is 0 Å². The van der Waals surface area contributed by atoms with Crippen molar-refractivity contribution in [1.29, 1.82) is 0 Å². The first-order valence-electron chi connectivity index (χ1n) is 6.17. The predicted octanol–water partition coefficient (Wildman–Crippen LogP) is 2.40. The molecule has 2 heterocycles. The third-order valence-corrected chi connectivity index (χ3v) is 4.20. The number of carbonyl (C=O) groups is 1. The van der Waals surface area contributed by atoms with Crippen LogP contribution < -0.4 is 9.47 Å². The quantitative estimate of drug-likeness (QED) is 0.936. The number of aromatic nitrogens is 1. The van der Waals surface area contributed by atoms with E-state index in [-0.39, 0.29) is 13.2 Å². The SMILES string of the molecule is Cc1nc(Cc2ccc3c(c2)OCO3)sc1CC(=O)O. The summed E-state index contributed by atoms with van der Waals surface area (Å²) in [5.74, 6) is 0.684. The lowest BCUT2D eigenvalue weighted by molar-refractivity contribution is -0.136. The smallest absolute Gasteiger partial charge is 0.308 e. The number of rotatable bonds is 4. The number of thiazole rings is 1. The standard InChI is InChI=1S/C14H13NO4S/c1-8-12(6-14(16)17)20-13(15-8)5-9-2-3-10-11(4-9)19-7-18-10/h2-4H,5-7H2,1H3,(H,16,17). The summed E-state index contributed by atoms with van der Waals surface area (Å²) in [6.45, 7) is 2.11. The summed E-state index contributed by atoms with van der Waals surface area (Å²) < 4.78 is 10.6. The van der Waals surface area contributed by atoms with Gasteiger partial charge in [0.15, 0.2) is 11.5 Å². The fraction of sp³-hybridized carbons (Fsp3) is 0.286.